The van der Waals surface area contributed by atoms with Crippen molar-refractivity contribution in [3.05, 3.63) is 164 Å². The maximum atomic E-state index is 2.41. The second-order valence-electron chi connectivity index (χ2n) is 11.3. The zero-order chi connectivity index (χ0) is 28.3. The van der Waals surface area contributed by atoms with Gasteiger partial charge in [-0.15, -0.1) is 0 Å². The lowest BCUT2D eigenvalue weighted by atomic mass is 9.84. The Hall–Kier alpha value is -5.66. The number of fused-ring (bicyclic) bond motifs is 7. The van der Waals surface area contributed by atoms with Crippen LogP contribution in [0.5, 0.6) is 0 Å². The third kappa shape index (κ3) is 3.58. The van der Waals surface area contributed by atoms with Crippen LogP contribution in [0.1, 0.15) is 0 Å². The van der Waals surface area contributed by atoms with Crippen LogP contribution >= 0.6 is 0 Å². The first-order valence-electron chi connectivity index (χ1n) is 14.9. The third-order valence-electron chi connectivity index (χ3n) is 8.95. The summed E-state index contributed by atoms with van der Waals surface area (Å²) in [6.07, 6.45) is 0. The molecule has 9 rings (SSSR count). The molecule has 0 saturated carbocycles. The van der Waals surface area contributed by atoms with Gasteiger partial charge in [-0.3, -0.25) is 0 Å². The normalized spacial score (nSPS) is 11.7. The minimum absolute atomic E-state index is 1.17. The standard InChI is InChI=1S/C42H27N/c1-2-14-29(15-3-1)41-36-22-7-6-21-35(36)40(37-26-25-28-13-4-5-18-32(28)42(37)41)30-16-12-17-31(27-30)43-38-23-10-8-19-33(38)34-20-9-11-24-39(34)43/h1-27H. The molecule has 1 heterocycles. The summed E-state index contributed by atoms with van der Waals surface area (Å²) in [5.74, 6) is 0. The number of hydrogen-bond donors (Lipinski definition) is 0. The number of rotatable bonds is 3. The van der Waals surface area contributed by atoms with Crippen molar-refractivity contribution in [2.45, 2.75) is 0 Å². The van der Waals surface area contributed by atoms with E-state index in [9.17, 15) is 0 Å². The van der Waals surface area contributed by atoms with Gasteiger partial charge in [0.2, 0.25) is 0 Å². The average Bonchev–Trinajstić information content (AvgIpc) is 3.42. The summed E-state index contributed by atoms with van der Waals surface area (Å²) in [5.41, 5.74) is 8.65. The zero-order valence-electron chi connectivity index (χ0n) is 23.5. The highest BCUT2D eigenvalue weighted by Crippen LogP contribution is 2.46. The van der Waals surface area contributed by atoms with Crippen LogP contribution in [-0.2, 0) is 0 Å². The van der Waals surface area contributed by atoms with E-state index in [-0.39, 0.29) is 0 Å². The SMILES string of the molecule is c1ccc(-c2c3ccccc3c(-c3cccc(-n4c5ccccc5c5ccccc54)c3)c3ccc4ccccc4c23)cc1. The number of nitrogens with zero attached hydrogens (tertiary/aromatic N) is 1. The maximum Gasteiger partial charge on any atom is 0.0541 e. The fraction of sp³-hybridized carbons (Fsp3) is 0. The molecule has 0 aliphatic heterocycles. The zero-order valence-corrected chi connectivity index (χ0v) is 23.5. The molecule has 200 valence electrons. The Morgan fingerprint density at radius 2 is 0.884 bits per heavy atom. The highest BCUT2D eigenvalue weighted by molar-refractivity contribution is 6.28. The van der Waals surface area contributed by atoms with Crippen molar-refractivity contribution in [3.63, 3.8) is 0 Å². The maximum absolute atomic E-state index is 2.41. The van der Waals surface area contributed by atoms with Crippen molar-refractivity contribution in [2.24, 2.45) is 0 Å². The van der Waals surface area contributed by atoms with E-state index in [1.807, 2.05) is 0 Å². The Bertz CT molecular complexity index is 2450. The molecule has 9 aromatic rings. The minimum Gasteiger partial charge on any atom is -0.309 e. The van der Waals surface area contributed by atoms with Gasteiger partial charge in [0, 0.05) is 16.5 Å². The van der Waals surface area contributed by atoms with E-state index in [1.165, 1.54) is 82.1 Å². The van der Waals surface area contributed by atoms with Crippen LogP contribution in [0.25, 0.3) is 82.1 Å². The summed E-state index contributed by atoms with van der Waals surface area (Å²) in [7, 11) is 0. The molecule has 0 saturated heterocycles. The van der Waals surface area contributed by atoms with Gasteiger partial charge in [-0.1, -0.05) is 140 Å². The minimum atomic E-state index is 1.17. The van der Waals surface area contributed by atoms with Crippen LogP contribution < -0.4 is 0 Å². The van der Waals surface area contributed by atoms with E-state index in [2.05, 4.69) is 168 Å². The van der Waals surface area contributed by atoms with Crippen LogP contribution in [0.3, 0.4) is 0 Å². The number of hydrogen-bond acceptors (Lipinski definition) is 0. The van der Waals surface area contributed by atoms with Crippen LogP contribution in [0.15, 0.2) is 164 Å². The predicted octanol–water partition coefficient (Wildman–Crippen LogP) is 11.6. The second-order valence-corrected chi connectivity index (χ2v) is 11.3. The predicted molar refractivity (Wildman–Crippen MR) is 184 cm³/mol. The van der Waals surface area contributed by atoms with Gasteiger partial charge in [0.1, 0.15) is 0 Å². The summed E-state index contributed by atoms with van der Waals surface area (Å²) in [6, 6.07) is 59.7. The lowest BCUT2D eigenvalue weighted by molar-refractivity contribution is 1.18. The Morgan fingerprint density at radius 1 is 0.326 bits per heavy atom. The monoisotopic (exact) mass is 545 g/mol. The van der Waals surface area contributed by atoms with Gasteiger partial charge in [0.15, 0.2) is 0 Å². The molecule has 0 aliphatic carbocycles. The van der Waals surface area contributed by atoms with E-state index < -0.39 is 0 Å². The van der Waals surface area contributed by atoms with Crippen molar-refractivity contribution in [3.8, 4) is 27.9 Å². The van der Waals surface area contributed by atoms with Crippen LogP contribution in [0.2, 0.25) is 0 Å². The summed E-state index contributed by atoms with van der Waals surface area (Å²) in [6.45, 7) is 0. The Labute approximate surface area is 249 Å². The summed E-state index contributed by atoms with van der Waals surface area (Å²) < 4.78 is 2.41. The molecule has 1 aromatic heterocycles. The molecule has 0 bridgehead atoms. The first-order valence-corrected chi connectivity index (χ1v) is 14.9. The Kier molecular flexibility index (Phi) is 5.27. The van der Waals surface area contributed by atoms with Crippen molar-refractivity contribution in [2.75, 3.05) is 0 Å². The topological polar surface area (TPSA) is 4.93 Å². The van der Waals surface area contributed by atoms with Crippen molar-refractivity contribution in [1.29, 1.82) is 0 Å². The van der Waals surface area contributed by atoms with Crippen LogP contribution in [-0.4, -0.2) is 4.57 Å². The highest BCUT2D eigenvalue weighted by Gasteiger charge is 2.19. The Balaban J connectivity index is 1.42. The molecular formula is C42H27N. The van der Waals surface area contributed by atoms with Gasteiger partial charge in [-0.25, -0.2) is 0 Å². The van der Waals surface area contributed by atoms with E-state index in [0.717, 1.165) is 0 Å². The smallest absolute Gasteiger partial charge is 0.0541 e. The molecule has 0 spiro atoms. The molecule has 0 amide bonds. The van der Waals surface area contributed by atoms with E-state index >= 15 is 0 Å². The number of aromatic nitrogens is 1. The van der Waals surface area contributed by atoms with Gasteiger partial charge in [0.05, 0.1) is 11.0 Å². The highest BCUT2D eigenvalue weighted by atomic mass is 15.0. The van der Waals surface area contributed by atoms with Crippen LogP contribution in [0.4, 0.5) is 0 Å². The Morgan fingerprint density at radius 3 is 1.60 bits per heavy atom. The van der Waals surface area contributed by atoms with E-state index in [0.29, 0.717) is 0 Å². The number of benzene rings is 8. The van der Waals surface area contributed by atoms with Crippen molar-refractivity contribution < 1.29 is 0 Å². The second kappa shape index (κ2) is 9.44. The van der Waals surface area contributed by atoms with E-state index in [4.69, 9.17) is 0 Å². The van der Waals surface area contributed by atoms with Crippen molar-refractivity contribution in [1.82, 2.24) is 4.57 Å². The third-order valence-corrected chi connectivity index (χ3v) is 8.95. The van der Waals surface area contributed by atoms with Gasteiger partial charge in [-0.05, 0) is 78.8 Å². The molecule has 0 N–H and O–H groups in total. The lowest BCUT2D eigenvalue weighted by Gasteiger charge is -2.20. The molecule has 0 fully saturated rings. The van der Waals surface area contributed by atoms with Gasteiger partial charge >= 0.3 is 0 Å². The summed E-state index contributed by atoms with van der Waals surface area (Å²) in [5, 5.41) is 10.2. The molecule has 0 radical (unpaired) electrons. The first-order chi connectivity index (χ1) is 21.4. The van der Waals surface area contributed by atoms with Gasteiger partial charge < -0.3 is 4.57 Å². The molecule has 0 unspecified atom stereocenters. The van der Waals surface area contributed by atoms with E-state index in [1.54, 1.807) is 0 Å². The number of para-hydroxylation sites is 2. The molecule has 1 nitrogen and oxygen atoms in total. The molecule has 43 heavy (non-hydrogen) atoms. The fourth-order valence-electron chi connectivity index (χ4n) is 7.16. The summed E-state index contributed by atoms with van der Waals surface area (Å²) in [4.78, 5) is 0. The van der Waals surface area contributed by atoms with Crippen LogP contribution in [0, 0.1) is 0 Å². The fourth-order valence-corrected chi connectivity index (χ4v) is 7.16. The van der Waals surface area contributed by atoms with Crippen molar-refractivity contribution >= 4 is 54.1 Å². The molecule has 0 atom stereocenters. The first kappa shape index (κ1) is 24.0. The lowest BCUT2D eigenvalue weighted by Crippen LogP contribution is -1.95. The van der Waals surface area contributed by atoms with Gasteiger partial charge in [-0.2, -0.15) is 0 Å². The largest absolute Gasteiger partial charge is 0.309 e. The molecule has 8 aromatic carbocycles. The molecule has 1 heteroatoms. The van der Waals surface area contributed by atoms with Gasteiger partial charge in [0.25, 0.3) is 0 Å². The molecular weight excluding hydrogens is 518 g/mol. The average molecular weight is 546 g/mol. The quantitative estimate of drug-likeness (QED) is 0.154. The summed E-state index contributed by atoms with van der Waals surface area (Å²) >= 11 is 0. The molecule has 0 aliphatic rings.